The summed E-state index contributed by atoms with van der Waals surface area (Å²) < 4.78 is 39.5. The first-order valence-electron chi connectivity index (χ1n) is 16.3. The third-order valence-corrected chi connectivity index (χ3v) is 10.1. The molecule has 4 aromatic carbocycles. The molecule has 5 rings (SSSR count). The highest BCUT2D eigenvalue weighted by Gasteiger charge is 2.53. The summed E-state index contributed by atoms with van der Waals surface area (Å²) in [4.78, 5) is 19.6. The quantitative estimate of drug-likeness (QED) is 0.143. The molecule has 9 heteroatoms. The van der Waals surface area contributed by atoms with Crippen LogP contribution in [0.2, 0.25) is 0 Å². The second-order valence-corrected chi connectivity index (χ2v) is 15.3. The Bertz CT molecular complexity index is 1790. The number of aliphatic imine (C=N–C) groups is 1. The van der Waals surface area contributed by atoms with Crippen molar-refractivity contribution in [2.45, 2.75) is 56.6 Å². The summed E-state index contributed by atoms with van der Waals surface area (Å²) in [6.45, 7) is 7.12. The highest BCUT2D eigenvalue weighted by molar-refractivity contribution is 7.91. The van der Waals surface area contributed by atoms with E-state index in [1.807, 2.05) is 54.6 Å². The van der Waals surface area contributed by atoms with E-state index in [1.165, 1.54) is 0 Å². The van der Waals surface area contributed by atoms with Crippen LogP contribution < -0.4 is 10.1 Å². The number of ether oxygens (including phenoxy) is 2. The van der Waals surface area contributed by atoms with E-state index in [4.69, 9.17) is 19.6 Å². The summed E-state index contributed by atoms with van der Waals surface area (Å²) in [5, 5.41) is 12.2. The number of aliphatic hydroxyl groups is 1. The maximum absolute atomic E-state index is 14.4. The van der Waals surface area contributed by atoms with Crippen molar-refractivity contribution < 1.29 is 27.8 Å². The van der Waals surface area contributed by atoms with Crippen LogP contribution in [0.15, 0.2) is 119 Å². The summed E-state index contributed by atoms with van der Waals surface area (Å²) in [6, 6.07) is 33.2. The van der Waals surface area contributed by atoms with Crippen LogP contribution in [0.3, 0.4) is 0 Å². The summed E-state index contributed by atoms with van der Waals surface area (Å²) in [7, 11) is -3.75. The molecule has 48 heavy (non-hydrogen) atoms. The molecule has 0 bridgehead atoms. The Labute approximate surface area is 283 Å². The van der Waals surface area contributed by atoms with E-state index in [9.17, 15) is 13.2 Å². The highest BCUT2D eigenvalue weighted by atomic mass is 32.2. The molecule has 0 radical (unpaired) electrons. The molecule has 0 aromatic heterocycles. The van der Waals surface area contributed by atoms with E-state index in [0.717, 1.165) is 17.5 Å². The Kier molecular flexibility index (Phi) is 11.0. The van der Waals surface area contributed by atoms with E-state index < -0.39 is 21.5 Å². The molecule has 0 spiro atoms. The van der Waals surface area contributed by atoms with Gasteiger partial charge in [-0.2, -0.15) is 0 Å². The number of nitrogens with one attached hydrogen (secondary N) is 1. The van der Waals surface area contributed by atoms with Crippen LogP contribution >= 0.6 is 0 Å². The van der Waals surface area contributed by atoms with Gasteiger partial charge < -0.3 is 19.9 Å². The third-order valence-electron chi connectivity index (χ3n) is 8.37. The van der Waals surface area contributed by atoms with Crippen LogP contribution in [0.5, 0.6) is 5.75 Å². The minimum absolute atomic E-state index is 0.0225. The molecule has 1 aliphatic heterocycles. The Balaban J connectivity index is 1.55. The van der Waals surface area contributed by atoms with Gasteiger partial charge in [0.1, 0.15) is 5.75 Å². The molecule has 1 heterocycles. The monoisotopic (exact) mass is 668 g/mol. The largest absolute Gasteiger partial charge is 0.494 e. The number of amides is 1. The predicted octanol–water partition coefficient (Wildman–Crippen LogP) is 6.79. The zero-order chi connectivity index (χ0) is 34.2. The van der Waals surface area contributed by atoms with Crippen molar-refractivity contribution in [3.05, 3.63) is 120 Å². The highest BCUT2D eigenvalue weighted by Crippen LogP contribution is 2.43. The molecular formula is C39H44N2O6S. The lowest BCUT2D eigenvalue weighted by Gasteiger charge is -2.31. The molecule has 0 saturated heterocycles. The van der Waals surface area contributed by atoms with Gasteiger partial charge in [-0.3, -0.25) is 4.79 Å². The molecule has 0 aliphatic carbocycles. The van der Waals surface area contributed by atoms with Gasteiger partial charge in [-0.1, -0.05) is 93.6 Å². The molecule has 0 saturated carbocycles. The van der Waals surface area contributed by atoms with Crippen molar-refractivity contribution >= 4 is 21.6 Å². The van der Waals surface area contributed by atoms with E-state index in [2.05, 4.69) is 26.1 Å². The van der Waals surface area contributed by atoms with E-state index in [-0.39, 0.29) is 40.9 Å². The van der Waals surface area contributed by atoms with Gasteiger partial charge in [0.05, 0.1) is 17.3 Å². The van der Waals surface area contributed by atoms with Gasteiger partial charge in [-0.05, 0) is 64.9 Å². The first-order valence-corrected chi connectivity index (χ1v) is 18.0. The minimum Gasteiger partial charge on any atom is -0.494 e. The Morgan fingerprint density at radius 3 is 2.10 bits per heavy atom. The number of hydrogen-bond acceptors (Lipinski definition) is 7. The lowest BCUT2D eigenvalue weighted by Crippen LogP contribution is -2.49. The molecule has 252 valence electrons. The summed E-state index contributed by atoms with van der Waals surface area (Å²) in [5.41, 5.74) is 1.80. The smallest absolute Gasteiger partial charge is 0.252 e. The normalized spacial score (nSPS) is 17.8. The van der Waals surface area contributed by atoms with Gasteiger partial charge in [0.25, 0.3) is 5.91 Å². The van der Waals surface area contributed by atoms with Crippen molar-refractivity contribution in [3.8, 4) is 16.9 Å². The molecular weight excluding hydrogens is 625 g/mol. The van der Waals surface area contributed by atoms with Crippen LogP contribution in [-0.2, 0) is 19.4 Å². The van der Waals surface area contributed by atoms with Crippen molar-refractivity contribution in [1.29, 1.82) is 0 Å². The van der Waals surface area contributed by atoms with E-state index in [1.54, 1.807) is 54.6 Å². The van der Waals surface area contributed by atoms with Crippen LogP contribution in [0, 0.1) is 5.41 Å². The van der Waals surface area contributed by atoms with E-state index >= 15 is 0 Å². The average Bonchev–Trinajstić information content (AvgIpc) is 3.49. The SMILES string of the molecule is CC(C)(C)CCNC(=O)[C@]1(CCS(=O)(=O)c2ccccc2)N=C(c2ccc(OCCCO)cc2)O[C@@H]1c1ccc(-c2ccccc2)cc1. The van der Waals surface area contributed by atoms with Crippen molar-refractivity contribution in [2.24, 2.45) is 10.4 Å². The van der Waals surface area contributed by atoms with Gasteiger partial charge in [0.2, 0.25) is 5.90 Å². The molecule has 2 atom stereocenters. The first-order chi connectivity index (χ1) is 23.0. The number of aliphatic hydroxyl groups excluding tert-OH is 1. The van der Waals surface area contributed by atoms with Crippen molar-refractivity contribution in [2.75, 3.05) is 25.5 Å². The van der Waals surface area contributed by atoms with Gasteiger partial charge >= 0.3 is 0 Å². The first kappa shape index (κ1) is 34.9. The molecule has 1 amide bonds. The lowest BCUT2D eigenvalue weighted by molar-refractivity contribution is -0.129. The van der Waals surface area contributed by atoms with Crippen LogP contribution in [0.25, 0.3) is 11.1 Å². The molecule has 2 N–H and O–H groups in total. The molecule has 8 nitrogen and oxygen atoms in total. The zero-order valence-corrected chi connectivity index (χ0v) is 28.6. The number of sulfone groups is 1. The van der Waals surface area contributed by atoms with Gasteiger partial charge in [0.15, 0.2) is 21.5 Å². The number of carbonyl (C=O) groups excluding carboxylic acids is 1. The number of hydrogen-bond donors (Lipinski definition) is 2. The number of carbonyl (C=O) groups is 1. The fourth-order valence-corrected chi connectivity index (χ4v) is 6.98. The minimum atomic E-state index is -3.75. The van der Waals surface area contributed by atoms with E-state index in [0.29, 0.717) is 36.4 Å². The zero-order valence-electron chi connectivity index (χ0n) is 27.8. The second kappa shape index (κ2) is 15.2. The molecule has 4 aromatic rings. The molecule has 0 fully saturated rings. The summed E-state index contributed by atoms with van der Waals surface area (Å²) >= 11 is 0. The van der Waals surface area contributed by atoms with Crippen molar-refractivity contribution in [3.63, 3.8) is 0 Å². The molecule has 0 unspecified atom stereocenters. The van der Waals surface area contributed by atoms with Gasteiger partial charge in [-0.15, -0.1) is 0 Å². The van der Waals surface area contributed by atoms with Gasteiger partial charge in [0, 0.05) is 31.6 Å². The predicted molar refractivity (Wildman–Crippen MR) is 189 cm³/mol. The second-order valence-electron chi connectivity index (χ2n) is 13.2. The van der Waals surface area contributed by atoms with Crippen molar-refractivity contribution in [1.82, 2.24) is 5.32 Å². The maximum atomic E-state index is 14.4. The van der Waals surface area contributed by atoms with Crippen LogP contribution in [0.4, 0.5) is 0 Å². The number of nitrogens with zero attached hydrogens (tertiary/aromatic N) is 1. The van der Waals surface area contributed by atoms with Gasteiger partial charge in [-0.25, -0.2) is 13.4 Å². The number of benzene rings is 4. The maximum Gasteiger partial charge on any atom is 0.252 e. The summed E-state index contributed by atoms with van der Waals surface area (Å²) in [5.74, 6) is 0.183. The summed E-state index contributed by atoms with van der Waals surface area (Å²) in [6.07, 6.45) is 0.255. The third kappa shape index (κ3) is 8.51. The fraction of sp³-hybridized carbons (Fsp3) is 0.333. The Morgan fingerprint density at radius 1 is 0.875 bits per heavy atom. The molecule has 1 aliphatic rings. The lowest BCUT2D eigenvalue weighted by atomic mass is 9.84. The Morgan fingerprint density at radius 2 is 1.48 bits per heavy atom. The fourth-order valence-electron chi connectivity index (χ4n) is 5.59. The Hall–Kier alpha value is -4.47. The van der Waals surface area contributed by atoms with Crippen LogP contribution in [-0.4, -0.2) is 56.4 Å². The number of rotatable bonds is 14. The van der Waals surface area contributed by atoms with Crippen LogP contribution in [0.1, 0.15) is 57.3 Å². The topological polar surface area (TPSA) is 114 Å². The average molecular weight is 669 g/mol. The standard InChI is InChI=1S/C39H44N2O6S/c1-38(2,3)23-25-40-37(43)39(24-28-48(44,45)34-13-8-5-9-14-34)35(31-17-15-30(16-18-31)29-11-6-4-7-12-29)47-36(41-39)32-19-21-33(22-20-32)46-27-10-26-42/h4-9,11-22,35,42H,10,23-28H2,1-3H3,(H,40,43)/t35-,39-/m1/s1.